The van der Waals surface area contributed by atoms with Crippen molar-refractivity contribution < 1.29 is 13.9 Å². The summed E-state index contributed by atoms with van der Waals surface area (Å²) in [5.74, 6) is -0.590. The second kappa shape index (κ2) is 9.13. The van der Waals surface area contributed by atoms with Gasteiger partial charge < -0.3 is 10.1 Å². The number of hydrogen-bond acceptors (Lipinski definition) is 3. The highest BCUT2D eigenvalue weighted by molar-refractivity contribution is 5.79. The summed E-state index contributed by atoms with van der Waals surface area (Å²) in [5.41, 5.74) is 0.716. The number of methoxy groups -OCH3 is 1. The lowest BCUT2D eigenvalue weighted by molar-refractivity contribution is -0.141. The molecule has 0 aliphatic heterocycles. The number of esters is 1. The molecular formula is C16H22FNO2. The largest absolute Gasteiger partial charge is 0.467 e. The molecule has 1 aromatic carbocycles. The van der Waals surface area contributed by atoms with Gasteiger partial charge in [0.05, 0.1) is 7.11 Å². The quantitative estimate of drug-likeness (QED) is 0.423. The number of nitrogens with one attached hydrogen (secondary N) is 1. The summed E-state index contributed by atoms with van der Waals surface area (Å²) in [4.78, 5) is 11.7. The smallest absolute Gasteiger partial charge is 0.328 e. The highest BCUT2D eigenvalue weighted by Gasteiger charge is 2.18. The van der Waals surface area contributed by atoms with Crippen LogP contribution in [0.5, 0.6) is 0 Å². The molecule has 0 aliphatic carbocycles. The zero-order valence-electron chi connectivity index (χ0n) is 11.9. The monoisotopic (exact) mass is 279 g/mol. The zero-order chi connectivity index (χ0) is 14.8. The summed E-state index contributed by atoms with van der Waals surface area (Å²) < 4.78 is 17.6. The van der Waals surface area contributed by atoms with E-state index in [1.165, 1.54) is 19.2 Å². The van der Waals surface area contributed by atoms with Gasteiger partial charge in [-0.25, -0.2) is 9.18 Å². The molecule has 3 nitrogen and oxygen atoms in total. The maximum atomic E-state index is 12.8. The molecule has 20 heavy (non-hydrogen) atoms. The molecule has 0 saturated heterocycles. The maximum absolute atomic E-state index is 12.8. The van der Waals surface area contributed by atoms with Crippen LogP contribution in [0.1, 0.15) is 32.1 Å². The molecule has 1 atom stereocenters. The van der Waals surface area contributed by atoms with Gasteiger partial charge in [-0.3, -0.25) is 0 Å². The van der Waals surface area contributed by atoms with Gasteiger partial charge in [-0.1, -0.05) is 18.9 Å². The molecule has 110 valence electrons. The van der Waals surface area contributed by atoms with Gasteiger partial charge in [0.15, 0.2) is 0 Å². The fraction of sp³-hybridized carbons (Fsp3) is 0.438. The van der Waals surface area contributed by atoms with E-state index in [9.17, 15) is 9.18 Å². The number of benzene rings is 1. The average Bonchev–Trinajstić information content (AvgIpc) is 2.47. The van der Waals surface area contributed by atoms with Gasteiger partial charge in [-0.15, -0.1) is 6.58 Å². The van der Waals surface area contributed by atoms with Crippen molar-refractivity contribution in [3.63, 3.8) is 0 Å². The molecular weight excluding hydrogens is 257 g/mol. The van der Waals surface area contributed by atoms with E-state index in [-0.39, 0.29) is 11.8 Å². The summed E-state index contributed by atoms with van der Waals surface area (Å²) in [5, 5.41) is 3.09. The van der Waals surface area contributed by atoms with Gasteiger partial charge in [-0.2, -0.15) is 0 Å². The number of allylic oxidation sites excluding steroid dienone is 1. The molecule has 1 unspecified atom stereocenters. The Morgan fingerprint density at radius 3 is 2.65 bits per heavy atom. The zero-order valence-corrected chi connectivity index (χ0v) is 11.9. The molecule has 0 amide bonds. The van der Waals surface area contributed by atoms with Crippen LogP contribution in [0.25, 0.3) is 0 Å². The number of carbonyl (C=O) groups excluding carboxylic acids is 1. The molecule has 1 N–H and O–H groups in total. The molecule has 0 saturated carbocycles. The standard InChI is InChI=1S/C16H22FNO2/c1-3-4-5-6-7-8-15(16(19)20-2)18-14-11-9-13(17)10-12-14/h3,9-12,15,18H,1,4-8H2,2H3. The number of halogens is 1. The Labute approximate surface area is 119 Å². The van der Waals surface area contributed by atoms with Crippen LogP contribution < -0.4 is 5.32 Å². The first-order chi connectivity index (χ1) is 9.67. The van der Waals surface area contributed by atoms with Crippen molar-refractivity contribution in [1.29, 1.82) is 0 Å². The van der Waals surface area contributed by atoms with E-state index >= 15 is 0 Å². The second-order valence-corrected chi connectivity index (χ2v) is 4.65. The Hall–Kier alpha value is -1.84. The van der Waals surface area contributed by atoms with Gasteiger partial charge in [0, 0.05) is 5.69 Å². The summed E-state index contributed by atoms with van der Waals surface area (Å²) in [6, 6.07) is 5.56. The third-order valence-electron chi connectivity index (χ3n) is 3.07. The molecule has 0 spiro atoms. The Morgan fingerprint density at radius 1 is 1.35 bits per heavy atom. The lowest BCUT2D eigenvalue weighted by Gasteiger charge is -2.17. The van der Waals surface area contributed by atoms with Crippen molar-refractivity contribution in [1.82, 2.24) is 0 Å². The highest BCUT2D eigenvalue weighted by Crippen LogP contribution is 2.14. The Bertz CT molecular complexity index is 417. The third-order valence-corrected chi connectivity index (χ3v) is 3.07. The number of carbonyl (C=O) groups is 1. The van der Waals surface area contributed by atoms with E-state index in [2.05, 4.69) is 11.9 Å². The van der Waals surface area contributed by atoms with Gasteiger partial charge in [0.1, 0.15) is 11.9 Å². The Balaban J connectivity index is 2.49. The normalized spacial score (nSPS) is 11.7. The number of hydrogen-bond donors (Lipinski definition) is 1. The molecule has 0 bridgehead atoms. The lowest BCUT2D eigenvalue weighted by atomic mass is 10.1. The van der Waals surface area contributed by atoms with Crippen molar-refractivity contribution in [2.45, 2.75) is 38.1 Å². The van der Waals surface area contributed by atoms with Crippen LogP contribution in [0.15, 0.2) is 36.9 Å². The molecule has 0 aromatic heterocycles. The van der Waals surface area contributed by atoms with Gasteiger partial charge >= 0.3 is 5.97 Å². The first kappa shape index (κ1) is 16.2. The minimum atomic E-state index is -0.394. The predicted octanol–water partition coefficient (Wildman–Crippen LogP) is 3.92. The van der Waals surface area contributed by atoms with Gasteiger partial charge in [0.25, 0.3) is 0 Å². The first-order valence-corrected chi connectivity index (χ1v) is 6.88. The van der Waals surface area contributed by atoms with Crippen LogP contribution in [0.4, 0.5) is 10.1 Å². The molecule has 0 radical (unpaired) electrons. The fourth-order valence-corrected chi connectivity index (χ4v) is 1.95. The van der Waals surface area contributed by atoms with E-state index in [1.54, 1.807) is 12.1 Å². The minimum Gasteiger partial charge on any atom is -0.467 e. The van der Waals surface area contributed by atoms with E-state index in [0.717, 1.165) is 25.7 Å². The average molecular weight is 279 g/mol. The third kappa shape index (κ3) is 5.87. The second-order valence-electron chi connectivity index (χ2n) is 4.65. The molecule has 1 rings (SSSR count). The van der Waals surface area contributed by atoms with E-state index in [0.29, 0.717) is 12.1 Å². The fourth-order valence-electron chi connectivity index (χ4n) is 1.95. The van der Waals surface area contributed by atoms with E-state index in [1.807, 2.05) is 6.08 Å². The topological polar surface area (TPSA) is 38.3 Å². The highest BCUT2D eigenvalue weighted by atomic mass is 19.1. The summed E-state index contributed by atoms with van der Waals surface area (Å²) in [7, 11) is 1.37. The van der Waals surface area contributed by atoms with Crippen molar-refractivity contribution in [2.75, 3.05) is 12.4 Å². The molecule has 0 heterocycles. The summed E-state index contributed by atoms with van der Waals surface area (Å²) >= 11 is 0. The number of unbranched alkanes of at least 4 members (excludes halogenated alkanes) is 3. The first-order valence-electron chi connectivity index (χ1n) is 6.88. The SMILES string of the molecule is C=CCCCCCC(Nc1ccc(F)cc1)C(=O)OC. The summed E-state index contributed by atoms with van der Waals surface area (Å²) in [6.07, 6.45) is 6.64. The Morgan fingerprint density at radius 2 is 2.05 bits per heavy atom. The van der Waals surface area contributed by atoms with E-state index < -0.39 is 6.04 Å². The van der Waals surface area contributed by atoms with Crippen molar-refractivity contribution in [3.8, 4) is 0 Å². The summed E-state index contributed by atoms with van der Waals surface area (Å²) in [6.45, 7) is 3.68. The Kier molecular flexibility index (Phi) is 7.40. The van der Waals surface area contributed by atoms with Gasteiger partial charge in [-0.05, 0) is 43.5 Å². The predicted molar refractivity (Wildman–Crippen MR) is 79.1 cm³/mol. The van der Waals surface area contributed by atoms with E-state index in [4.69, 9.17) is 4.74 Å². The van der Waals surface area contributed by atoms with Crippen molar-refractivity contribution >= 4 is 11.7 Å². The maximum Gasteiger partial charge on any atom is 0.328 e. The number of rotatable bonds is 9. The van der Waals surface area contributed by atoms with Crippen LogP contribution in [0, 0.1) is 5.82 Å². The van der Waals surface area contributed by atoms with Crippen LogP contribution in [0.2, 0.25) is 0 Å². The van der Waals surface area contributed by atoms with Crippen molar-refractivity contribution in [3.05, 3.63) is 42.7 Å². The van der Waals surface area contributed by atoms with Crippen LogP contribution >= 0.6 is 0 Å². The van der Waals surface area contributed by atoms with Crippen LogP contribution in [-0.2, 0) is 9.53 Å². The van der Waals surface area contributed by atoms with Gasteiger partial charge in [0.2, 0.25) is 0 Å². The lowest BCUT2D eigenvalue weighted by Crippen LogP contribution is -2.30. The molecule has 0 aliphatic rings. The molecule has 1 aromatic rings. The number of ether oxygens (including phenoxy) is 1. The minimum absolute atomic E-state index is 0.293. The van der Waals surface area contributed by atoms with Crippen LogP contribution in [-0.4, -0.2) is 19.1 Å². The molecule has 0 fully saturated rings. The number of anilines is 1. The van der Waals surface area contributed by atoms with Crippen molar-refractivity contribution in [2.24, 2.45) is 0 Å². The van der Waals surface area contributed by atoms with Crippen LogP contribution in [0.3, 0.4) is 0 Å². The molecule has 4 heteroatoms.